The Bertz CT molecular complexity index is 3590. The lowest BCUT2D eigenvalue weighted by Gasteiger charge is -2.30. The molecule has 0 radical (unpaired) electrons. The number of nitrogens with zero attached hydrogens (tertiary/aromatic N) is 3. The Balaban J connectivity index is 1.01. The molecular formula is C58H39N3O. The van der Waals surface area contributed by atoms with Gasteiger partial charge in [0.25, 0.3) is 0 Å². The average molecular weight is 794 g/mol. The van der Waals surface area contributed by atoms with Crippen molar-refractivity contribution in [1.29, 1.82) is 0 Å². The first kappa shape index (κ1) is 35.6. The Morgan fingerprint density at radius 3 is 1.68 bits per heavy atom. The van der Waals surface area contributed by atoms with Crippen molar-refractivity contribution in [3.05, 3.63) is 237 Å². The van der Waals surface area contributed by atoms with E-state index >= 15 is 0 Å². The van der Waals surface area contributed by atoms with E-state index in [1.165, 1.54) is 27.1 Å². The second kappa shape index (κ2) is 14.7. The maximum Gasteiger partial charge on any atom is 0.136 e. The summed E-state index contributed by atoms with van der Waals surface area (Å²) in [6.45, 7) is 0. The molecule has 4 heteroatoms. The van der Waals surface area contributed by atoms with Crippen molar-refractivity contribution < 1.29 is 4.42 Å². The molecule has 10 aromatic carbocycles. The second-order valence-electron chi connectivity index (χ2n) is 15.8. The first-order valence-electron chi connectivity index (χ1n) is 21.1. The monoisotopic (exact) mass is 793 g/mol. The lowest BCUT2D eigenvalue weighted by Crippen LogP contribution is -2.13. The van der Waals surface area contributed by atoms with Gasteiger partial charge in [-0.15, -0.1) is 0 Å². The largest absolute Gasteiger partial charge is 0.456 e. The van der Waals surface area contributed by atoms with Crippen LogP contribution in [0.3, 0.4) is 0 Å². The highest BCUT2D eigenvalue weighted by Crippen LogP contribution is 2.45. The fraction of sp³-hybridized carbons (Fsp3) is 0. The van der Waals surface area contributed by atoms with Gasteiger partial charge in [-0.2, -0.15) is 0 Å². The van der Waals surface area contributed by atoms with Crippen LogP contribution in [0.2, 0.25) is 0 Å². The highest BCUT2D eigenvalue weighted by molar-refractivity contribution is 6.12. The highest BCUT2D eigenvalue weighted by atomic mass is 16.3. The molecule has 0 fully saturated rings. The number of rotatable bonds is 8. The van der Waals surface area contributed by atoms with Crippen LogP contribution in [0.5, 0.6) is 0 Å². The first-order chi connectivity index (χ1) is 30.7. The molecule has 0 bridgehead atoms. The van der Waals surface area contributed by atoms with Crippen LogP contribution in [0.1, 0.15) is 0 Å². The summed E-state index contributed by atoms with van der Waals surface area (Å²) in [5.41, 5.74) is 13.8. The standard InChI is InChI=1S/C58H39N3O/c1-4-19-43(20-5-1)59(48-32-34-51-50-28-13-15-30-55(50)61(56(51)39-48)45-23-8-3-9-24-45)46-25-16-26-47(38-46)60(44-21-6-2-7-22-44)54-29-14-12-27-49(54)42-31-33-52-53-35-40-17-10-11-18-41(40)36-58(53)62-57(52)37-42/h1-39H. The summed E-state index contributed by atoms with van der Waals surface area (Å²) in [4.78, 5) is 4.73. The van der Waals surface area contributed by atoms with Crippen LogP contribution in [0.25, 0.3) is 71.3 Å². The number of benzene rings is 10. The maximum atomic E-state index is 6.57. The van der Waals surface area contributed by atoms with Gasteiger partial charge in [0.1, 0.15) is 11.2 Å². The van der Waals surface area contributed by atoms with Crippen molar-refractivity contribution >= 4 is 88.6 Å². The van der Waals surface area contributed by atoms with Gasteiger partial charge in [-0.25, -0.2) is 0 Å². The van der Waals surface area contributed by atoms with E-state index in [4.69, 9.17) is 4.42 Å². The van der Waals surface area contributed by atoms with E-state index in [2.05, 4.69) is 251 Å². The van der Waals surface area contributed by atoms with Crippen molar-refractivity contribution in [1.82, 2.24) is 4.57 Å². The molecule has 0 amide bonds. The van der Waals surface area contributed by atoms with E-state index in [1.54, 1.807) is 0 Å². The van der Waals surface area contributed by atoms with Crippen LogP contribution < -0.4 is 9.80 Å². The molecule has 0 aliphatic rings. The van der Waals surface area contributed by atoms with Gasteiger partial charge < -0.3 is 18.8 Å². The molecule has 2 aromatic heterocycles. The zero-order valence-corrected chi connectivity index (χ0v) is 33.8. The van der Waals surface area contributed by atoms with Crippen LogP contribution >= 0.6 is 0 Å². The molecule has 0 spiro atoms. The van der Waals surface area contributed by atoms with E-state index in [0.717, 1.165) is 78.4 Å². The van der Waals surface area contributed by atoms with Crippen molar-refractivity contribution in [3.8, 4) is 16.8 Å². The molecule has 0 aliphatic carbocycles. The van der Waals surface area contributed by atoms with Gasteiger partial charge in [0, 0.05) is 61.2 Å². The molecule has 292 valence electrons. The smallest absolute Gasteiger partial charge is 0.136 e. The molecule has 4 nitrogen and oxygen atoms in total. The zero-order valence-electron chi connectivity index (χ0n) is 33.8. The Morgan fingerprint density at radius 1 is 0.323 bits per heavy atom. The number of hydrogen-bond donors (Lipinski definition) is 0. The molecule has 0 unspecified atom stereocenters. The molecule has 62 heavy (non-hydrogen) atoms. The van der Waals surface area contributed by atoms with Gasteiger partial charge >= 0.3 is 0 Å². The van der Waals surface area contributed by atoms with Crippen LogP contribution in [0.4, 0.5) is 34.1 Å². The Labute approximate surface area is 359 Å². The fourth-order valence-corrected chi connectivity index (χ4v) is 9.30. The van der Waals surface area contributed by atoms with Crippen molar-refractivity contribution in [2.75, 3.05) is 9.80 Å². The third-order valence-electron chi connectivity index (χ3n) is 12.1. The number of anilines is 6. The summed E-state index contributed by atoms with van der Waals surface area (Å²) >= 11 is 0. The minimum absolute atomic E-state index is 0.873. The van der Waals surface area contributed by atoms with E-state index in [0.29, 0.717) is 0 Å². The number of aromatic nitrogens is 1. The molecule has 0 saturated carbocycles. The van der Waals surface area contributed by atoms with Gasteiger partial charge in [0.05, 0.1) is 16.7 Å². The summed E-state index contributed by atoms with van der Waals surface area (Å²) in [7, 11) is 0. The first-order valence-corrected chi connectivity index (χ1v) is 21.1. The normalized spacial score (nSPS) is 11.5. The van der Waals surface area contributed by atoms with E-state index in [1.807, 2.05) is 0 Å². The third kappa shape index (κ3) is 6.00. The SMILES string of the molecule is c1ccc(N(c2cccc(N(c3ccccc3)c3ccccc3-c3ccc4c(c3)oc3cc5ccccc5cc34)c2)c2ccc3c4ccccc4n(-c4ccccc4)c3c2)cc1. The molecule has 12 aromatic rings. The molecule has 0 aliphatic heterocycles. The summed E-state index contributed by atoms with van der Waals surface area (Å²) in [6.07, 6.45) is 0. The molecule has 2 heterocycles. The summed E-state index contributed by atoms with van der Waals surface area (Å²) in [5, 5.41) is 7.08. The number of furan rings is 1. The topological polar surface area (TPSA) is 24.6 Å². The third-order valence-corrected chi connectivity index (χ3v) is 12.1. The predicted molar refractivity (Wildman–Crippen MR) is 260 cm³/mol. The highest BCUT2D eigenvalue weighted by Gasteiger charge is 2.22. The molecule has 0 atom stereocenters. The second-order valence-corrected chi connectivity index (χ2v) is 15.8. The van der Waals surface area contributed by atoms with Gasteiger partial charge in [0.15, 0.2) is 0 Å². The predicted octanol–water partition coefficient (Wildman–Crippen LogP) is 16.4. The number of hydrogen-bond acceptors (Lipinski definition) is 3. The minimum Gasteiger partial charge on any atom is -0.456 e. The lowest BCUT2D eigenvalue weighted by atomic mass is 9.99. The summed E-state index contributed by atoms with van der Waals surface area (Å²) in [6, 6.07) is 84.6. The minimum atomic E-state index is 0.873. The van der Waals surface area contributed by atoms with Crippen LogP contribution in [-0.2, 0) is 0 Å². The van der Waals surface area contributed by atoms with E-state index < -0.39 is 0 Å². The fourth-order valence-electron chi connectivity index (χ4n) is 9.30. The lowest BCUT2D eigenvalue weighted by molar-refractivity contribution is 0.669. The van der Waals surface area contributed by atoms with Crippen LogP contribution in [0.15, 0.2) is 241 Å². The molecule has 0 saturated heterocycles. The van der Waals surface area contributed by atoms with Crippen molar-refractivity contribution in [3.63, 3.8) is 0 Å². The number of para-hydroxylation sites is 5. The molecule has 0 N–H and O–H groups in total. The van der Waals surface area contributed by atoms with Gasteiger partial charge in [0.2, 0.25) is 0 Å². The Morgan fingerprint density at radius 2 is 0.887 bits per heavy atom. The maximum absolute atomic E-state index is 6.57. The van der Waals surface area contributed by atoms with Crippen molar-refractivity contribution in [2.45, 2.75) is 0 Å². The Kier molecular flexibility index (Phi) is 8.46. The van der Waals surface area contributed by atoms with Gasteiger partial charge in [-0.3, -0.25) is 0 Å². The van der Waals surface area contributed by atoms with Crippen molar-refractivity contribution in [2.24, 2.45) is 0 Å². The quantitative estimate of drug-likeness (QED) is 0.153. The van der Waals surface area contributed by atoms with Crippen LogP contribution in [-0.4, -0.2) is 4.57 Å². The van der Waals surface area contributed by atoms with Gasteiger partial charge in [-0.1, -0.05) is 133 Å². The van der Waals surface area contributed by atoms with Gasteiger partial charge in [-0.05, 0) is 119 Å². The Hall–Kier alpha value is -8.34. The zero-order chi connectivity index (χ0) is 41.0. The van der Waals surface area contributed by atoms with E-state index in [-0.39, 0.29) is 0 Å². The van der Waals surface area contributed by atoms with Crippen LogP contribution in [0, 0.1) is 0 Å². The van der Waals surface area contributed by atoms with E-state index in [9.17, 15) is 0 Å². The summed E-state index contributed by atoms with van der Waals surface area (Å²) in [5.74, 6) is 0. The number of fused-ring (bicyclic) bond motifs is 7. The molecule has 12 rings (SSSR count). The molecular weight excluding hydrogens is 755 g/mol. The average Bonchev–Trinajstić information content (AvgIpc) is 3.86. The summed E-state index contributed by atoms with van der Waals surface area (Å²) < 4.78 is 8.96.